The molecule has 2 rings (SSSR count). The van der Waals surface area contributed by atoms with E-state index in [4.69, 9.17) is 4.74 Å². The van der Waals surface area contributed by atoms with E-state index in [-0.39, 0.29) is 17.9 Å². The highest BCUT2D eigenvalue weighted by molar-refractivity contribution is 9.10. The van der Waals surface area contributed by atoms with Gasteiger partial charge < -0.3 is 20.1 Å². The number of hydrogen-bond acceptors (Lipinski definition) is 4. The van der Waals surface area contributed by atoms with Gasteiger partial charge in [0.15, 0.2) is 0 Å². The molecule has 6 heteroatoms. The van der Waals surface area contributed by atoms with Crippen LogP contribution in [0.25, 0.3) is 0 Å². The Kier molecular flexibility index (Phi) is 5.92. The molecule has 0 saturated carbocycles. The minimum absolute atomic E-state index is 0.172. The average molecular weight is 385 g/mol. The van der Waals surface area contributed by atoms with Crippen LogP contribution in [0.1, 0.15) is 39.2 Å². The summed E-state index contributed by atoms with van der Waals surface area (Å²) in [5.41, 5.74) is 0.618. The fourth-order valence-electron chi connectivity index (χ4n) is 2.65. The number of aromatic hydroxyl groups is 1. The summed E-state index contributed by atoms with van der Waals surface area (Å²) in [6.07, 6.45) is 1.77. The highest BCUT2D eigenvalue weighted by atomic mass is 79.9. The van der Waals surface area contributed by atoms with Crippen LogP contribution in [0.4, 0.5) is 4.79 Å². The molecule has 1 aromatic carbocycles. The molecule has 0 aliphatic carbocycles. The van der Waals surface area contributed by atoms with Crippen LogP contribution in [0.3, 0.4) is 0 Å². The molecule has 0 aromatic heterocycles. The van der Waals surface area contributed by atoms with Crippen molar-refractivity contribution >= 4 is 22.0 Å². The zero-order valence-corrected chi connectivity index (χ0v) is 15.5. The maximum Gasteiger partial charge on any atom is 0.410 e. The number of rotatable bonds is 4. The molecular formula is C17H25BrN2O3. The number of likely N-dealkylation sites (tertiary alicyclic amines) is 1. The van der Waals surface area contributed by atoms with Crippen molar-refractivity contribution in [2.24, 2.45) is 0 Å². The van der Waals surface area contributed by atoms with E-state index >= 15 is 0 Å². The fourth-order valence-corrected chi connectivity index (χ4v) is 3.08. The molecule has 1 aliphatic heterocycles. The normalized spacial score (nSPS) is 18.3. The maximum absolute atomic E-state index is 12.2. The molecule has 128 valence electrons. The van der Waals surface area contributed by atoms with Gasteiger partial charge in [-0.3, -0.25) is 0 Å². The summed E-state index contributed by atoms with van der Waals surface area (Å²) < 4.78 is 6.16. The third kappa shape index (κ3) is 5.39. The second-order valence-corrected chi connectivity index (χ2v) is 7.74. The van der Waals surface area contributed by atoms with Crippen molar-refractivity contribution in [3.8, 4) is 5.75 Å². The van der Waals surface area contributed by atoms with Crippen LogP contribution in [0.15, 0.2) is 22.7 Å². The molecule has 1 fully saturated rings. The number of nitrogens with zero attached hydrogens (tertiary/aromatic N) is 1. The highest BCUT2D eigenvalue weighted by Gasteiger charge is 2.31. The SMILES string of the molecule is CC(C)(C)OC(=O)N1CCCC1CNCc1ccc(O)c(Br)c1. The van der Waals surface area contributed by atoms with Gasteiger partial charge in [-0.15, -0.1) is 0 Å². The van der Waals surface area contributed by atoms with Gasteiger partial charge in [0, 0.05) is 25.7 Å². The number of hydrogen-bond donors (Lipinski definition) is 2. The smallest absolute Gasteiger partial charge is 0.410 e. The van der Waals surface area contributed by atoms with Crippen molar-refractivity contribution in [3.63, 3.8) is 0 Å². The molecule has 23 heavy (non-hydrogen) atoms. The van der Waals surface area contributed by atoms with Crippen LogP contribution in [-0.2, 0) is 11.3 Å². The lowest BCUT2D eigenvalue weighted by Crippen LogP contribution is -2.44. The Bertz CT molecular complexity index is 557. The predicted molar refractivity (Wildman–Crippen MR) is 93.5 cm³/mol. The number of nitrogens with one attached hydrogen (secondary N) is 1. The molecule has 1 saturated heterocycles. The van der Waals surface area contributed by atoms with Gasteiger partial charge in [0.2, 0.25) is 0 Å². The first-order chi connectivity index (χ1) is 10.8. The van der Waals surface area contributed by atoms with E-state index in [0.29, 0.717) is 11.0 Å². The number of amides is 1. The van der Waals surface area contributed by atoms with Crippen LogP contribution in [0, 0.1) is 0 Å². The zero-order chi connectivity index (χ0) is 17.0. The van der Waals surface area contributed by atoms with Gasteiger partial charge in [-0.25, -0.2) is 4.79 Å². The molecule has 1 atom stereocenters. The van der Waals surface area contributed by atoms with Crippen LogP contribution in [-0.4, -0.2) is 40.8 Å². The summed E-state index contributed by atoms with van der Waals surface area (Å²) in [6, 6.07) is 5.62. The van der Waals surface area contributed by atoms with E-state index in [1.165, 1.54) is 0 Å². The lowest BCUT2D eigenvalue weighted by Gasteiger charge is -2.28. The summed E-state index contributed by atoms with van der Waals surface area (Å²) >= 11 is 3.31. The van der Waals surface area contributed by atoms with E-state index in [1.807, 2.05) is 37.8 Å². The highest BCUT2D eigenvalue weighted by Crippen LogP contribution is 2.24. The third-order valence-electron chi connectivity index (χ3n) is 3.73. The Balaban J connectivity index is 1.84. The van der Waals surface area contributed by atoms with Crippen molar-refractivity contribution in [1.29, 1.82) is 0 Å². The third-order valence-corrected chi connectivity index (χ3v) is 4.36. The number of phenols is 1. The molecular weight excluding hydrogens is 360 g/mol. The monoisotopic (exact) mass is 384 g/mol. The van der Waals surface area contributed by atoms with Crippen molar-refractivity contribution < 1.29 is 14.6 Å². The number of phenolic OH excluding ortho intramolecular Hbond substituents is 1. The van der Waals surface area contributed by atoms with Gasteiger partial charge in [0.1, 0.15) is 11.4 Å². The van der Waals surface area contributed by atoms with Crippen molar-refractivity contribution in [2.75, 3.05) is 13.1 Å². The first kappa shape index (κ1) is 18.1. The van der Waals surface area contributed by atoms with E-state index in [1.54, 1.807) is 6.07 Å². The molecule has 1 amide bonds. The first-order valence-corrected chi connectivity index (χ1v) is 8.73. The number of halogens is 1. The van der Waals surface area contributed by atoms with E-state index in [9.17, 15) is 9.90 Å². The summed E-state index contributed by atoms with van der Waals surface area (Å²) in [4.78, 5) is 14.1. The summed E-state index contributed by atoms with van der Waals surface area (Å²) in [5, 5.41) is 12.9. The standard InChI is InChI=1S/C17H25BrN2O3/c1-17(2,3)23-16(22)20-8-4-5-13(20)11-19-10-12-6-7-15(21)14(18)9-12/h6-7,9,13,19,21H,4-5,8,10-11H2,1-3H3. The number of benzene rings is 1. The van der Waals surface area contributed by atoms with Gasteiger partial charge in [-0.1, -0.05) is 6.07 Å². The predicted octanol–water partition coefficient (Wildman–Crippen LogP) is 3.64. The summed E-state index contributed by atoms with van der Waals surface area (Å²) in [6.45, 7) is 7.84. The van der Waals surface area contributed by atoms with Gasteiger partial charge in [-0.2, -0.15) is 0 Å². The molecule has 0 bridgehead atoms. The fraction of sp³-hybridized carbons (Fsp3) is 0.588. The van der Waals surface area contributed by atoms with Gasteiger partial charge in [0.05, 0.1) is 4.47 Å². The quantitative estimate of drug-likeness (QED) is 0.831. The van der Waals surface area contributed by atoms with Gasteiger partial charge in [0.25, 0.3) is 0 Å². The minimum atomic E-state index is -0.462. The Morgan fingerprint density at radius 2 is 2.22 bits per heavy atom. The molecule has 0 radical (unpaired) electrons. The van der Waals surface area contributed by atoms with E-state index < -0.39 is 5.60 Å². The maximum atomic E-state index is 12.2. The number of ether oxygens (including phenoxy) is 1. The van der Waals surface area contributed by atoms with E-state index in [0.717, 1.165) is 31.5 Å². The second-order valence-electron chi connectivity index (χ2n) is 6.89. The first-order valence-electron chi connectivity index (χ1n) is 7.94. The zero-order valence-electron chi connectivity index (χ0n) is 13.9. The van der Waals surface area contributed by atoms with Crippen LogP contribution in [0.5, 0.6) is 5.75 Å². The summed E-state index contributed by atoms with van der Waals surface area (Å²) in [7, 11) is 0. The number of carbonyl (C=O) groups excluding carboxylic acids is 1. The van der Waals surface area contributed by atoms with Crippen LogP contribution in [0.2, 0.25) is 0 Å². The molecule has 1 heterocycles. The van der Waals surface area contributed by atoms with Gasteiger partial charge in [-0.05, 0) is 67.2 Å². The van der Waals surface area contributed by atoms with Crippen molar-refractivity contribution in [3.05, 3.63) is 28.2 Å². The second kappa shape index (κ2) is 7.53. The van der Waals surface area contributed by atoms with E-state index in [2.05, 4.69) is 21.2 Å². The molecule has 5 nitrogen and oxygen atoms in total. The molecule has 1 aromatic rings. The Labute approximate surface area is 146 Å². The molecule has 1 unspecified atom stereocenters. The van der Waals surface area contributed by atoms with Crippen LogP contribution >= 0.6 is 15.9 Å². The Morgan fingerprint density at radius 3 is 2.87 bits per heavy atom. The number of carbonyl (C=O) groups is 1. The molecule has 0 spiro atoms. The molecule has 1 aliphatic rings. The average Bonchev–Trinajstić information content (AvgIpc) is 2.89. The lowest BCUT2D eigenvalue weighted by atomic mass is 10.2. The van der Waals surface area contributed by atoms with Gasteiger partial charge >= 0.3 is 6.09 Å². The van der Waals surface area contributed by atoms with Crippen molar-refractivity contribution in [1.82, 2.24) is 10.2 Å². The largest absolute Gasteiger partial charge is 0.507 e. The summed E-state index contributed by atoms with van der Waals surface area (Å²) in [5.74, 6) is 0.237. The topological polar surface area (TPSA) is 61.8 Å². The Hall–Kier alpha value is -1.27. The molecule has 2 N–H and O–H groups in total. The minimum Gasteiger partial charge on any atom is -0.507 e. The Morgan fingerprint density at radius 1 is 1.48 bits per heavy atom. The van der Waals surface area contributed by atoms with Crippen LogP contribution < -0.4 is 5.32 Å². The lowest BCUT2D eigenvalue weighted by molar-refractivity contribution is 0.0226. The van der Waals surface area contributed by atoms with Crippen molar-refractivity contribution in [2.45, 2.75) is 51.8 Å².